The van der Waals surface area contributed by atoms with Gasteiger partial charge >= 0.3 is 6.03 Å². The first-order valence-corrected chi connectivity index (χ1v) is 8.97. The van der Waals surface area contributed by atoms with Gasteiger partial charge in [-0.3, -0.25) is 0 Å². The minimum atomic E-state index is 0.0180. The van der Waals surface area contributed by atoms with Crippen LogP contribution in [0.1, 0.15) is 24.0 Å². The second kappa shape index (κ2) is 8.56. The van der Waals surface area contributed by atoms with Crippen molar-refractivity contribution in [3.63, 3.8) is 0 Å². The van der Waals surface area contributed by atoms with E-state index in [4.69, 9.17) is 4.74 Å². The number of para-hydroxylation sites is 1. The zero-order valence-electron chi connectivity index (χ0n) is 14.8. The molecule has 25 heavy (non-hydrogen) atoms. The van der Waals surface area contributed by atoms with Gasteiger partial charge < -0.3 is 15.0 Å². The number of urea groups is 1. The van der Waals surface area contributed by atoms with E-state index in [1.807, 2.05) is 53.4 Å². The maximum absolute atomic E-state index is 12.4. The predicted molar refractivity (Wildman–Crippen MR) is 99.6 cm³/mol. The van der Waals surface area contributed by atoms with Crippen molar-refractivity contribution in [2.75, 3.05) is 19.7 Å². The zero-order valence-corrected chi connectivity index (χ0v) is 14.8. The Bertz CT molecular complexity index is 687. The lowest BCUT2D eigenvalue weighted by atomic mass is 9.99. The molecule has 1 aliphatic rings. The summed E-state index contributed by atoms with van der Waals surface area (Å²) in [7, 11) is 0. The van der Waals surface area contributed by atoms with Crippen molar-refractivity contribution in [3.05, 3.63) is 65.7 Å². The highest BCUT2D eigenvalue weighted by molar-refractivity contribution is 5.74. The summed E-state index contributed by atoms with van der Waals surface area (Å²) in [5.41, 5.74) is 2.27. The molecular formula is C21H26N2O2. The molecule has 0 aliphatic carbocycles. The van der Waals surface area contributed by atoms with E-state index in [2.05, 4.69) is 18.3 Å². The Labute approximate surface area is 149 Å². The third kappa shape index (κ3) is 4.99. The fourth-order valence-corrected chi connectivity index (χ4v) is 3.20. The summed E-state index contributed by atoms with van der Waals surface area (Å²) in [4.78, 5) is 14.3. The Morgan fingerprint density at radius 2 is 1.92 bits per heavy atom. The average Bonchev–Trinajstić information content (AvgIpc) is 2.66. The second-order valence-corrected chi connectivity index (χ2v) is 6.68. The quantitative estimate of drug-likeness (QED) is 0.895. The normalized spacial score (nSPS) is 17.2. The number of ether oxygens (including phenoxy) is 1. The van der Waals surface area contributed by atoms with Crippen LogP contribution in [-0.4, -0.2) is 30.6 Å². The van der Waals surface area contributed by atoms with Crippen LogP contribution >= 0.6 is 0 Å². The lowest BCUT2D eigenvalue weighted by Crippen LogP contribution is -2.46. The summed E-state index contributed by atoms with van der Waals surface area (Å²) in [5, 5.41) is 3.02. The number of hydrogen-bond donors (Lipinski definition) is 1. The molecule has 1 heterocycles. The number of nitrogens with one attached hydrogen (secondary N) is 1. The van der Waals surface area contributed by atoms with Crippen LogP contribution in [0.5, 0.6) is 5.75 Å². The molecule has 2 amide bonds. The van der Waals surface area contributed by atoms with Crippen LogP contribution in [0.2, 0.25) is 0 Å². The lowest BCUT2D eigenvalue weighted by Gasteiger charge is -2.32. The van der Waals surface area contributed by atoms with Crippen molar-refractivity contribution >= 4 is 6.03 Å². The number of benzene rings is 2. The molecule has 132 valence electrons. The van der Waals surface area contributed by atoms with Gasteiger partial charge in [0.25, 0.3) is 0 Å². The van der Waals surface area contributed by atoms with Crippen LogP contribution in [0.4, 0.5) is 4.79 Å². The fourth-order valence-electron chi connectivity index (χ4n) is 3.20. The zero-order chi connectivity index (χ0) is 17.5. The summed E-state index contributed by atoms with van der Waals surface area (Å²) in [6.45, 7) is 4.86. The van der Waals surface area contributed by atoms with Gasteiger partial charge in [-0.2, -0.15) is 0 Å². The molecule has 0 spiro atoms. The fraction of sp³-hybridized carbons (Fsp3) is 0.381. The summed E-state index contributed by atoms with van der Waals surface area (Å²) < 4.78 is 5.98. The van der Waals surface area contributed by atoms with Crippen molar-refractivity contribution in [1.29, 1.82) is 0 Å². The number of rotatable bonds is 5. The van der Waals surface area contributed by atoms with Gasteiger partial charge in [-0.1, -0.05) is 48.5 Å². The number of piperidine rings is 1. The lowest BCUT2D eigenvalue weighted by molar-refractivity contribution is 0.137. The van der Waals surface area contributed by atoms with Gasteiger partial charge in [-0.25, -0.2) is 4.79 Å². The minimum Gasteiger partial charge on any atom is -0.493 e. The molecule has 1 aliphatic heterocycles. The van der Waals surface area contributed by atoms with Gasteiger partial charge in [0, 0.05) is 25.6 Å². The van der Waals surface area contributed by atoms with Gasteiger partial charge in [0.2, 0.25) is 0 Å². The molecule has 4 nitrogen and oxygen atoms in total. The molecule has 1 saturated heterocycles. The summed E-state index contributed by atoms with van der Waals surface area (Å²) in [6.07, 6.45) is 2.13. The van der Waals surface area contributed by atoms with Crippen LogP contribution in [0.25, 0.3) is 0 Å². The SMILES string of the molecule is Cc1ccccc1OCC1CCCN(C(=O)NCc2ccccc2)C1. The van der Waals surface area contributed by atoms with Crippen LogP contribution in [0.15, 0.2) is 54.6 Å². The monoisotopic (exact) mass is 338 g/mol. The summed E-state index contributed by atoms with van der Waals surface area (Å²) >= 11 is 0. The van der Waals surface area contributed by atoms with Gasteiger partial charge in [0.05, 0.1) is 6.61 Å². The highest BCUT2D eigenvalue weighted by Crippen LogP contribution is 2.21. The number of hydrogen-bond acceptors (Lipinski definition) is 2. The predicted octanol–water partition coefficient (Wildman–Crippen LogP) is 4.00. The summed E-state index contributed by atoms with van der Waals surface area (Å²) in [6, 6.07) is 18.1. The van der Waals surface area contributed by atoms with Gasteiger partial charge in [-0.15, -0.1) is 0 Å². The molecule has 3 rings (SSSR count). The Hall–Kier alpha value is -2.49. The van der Waals surface area contributed by atoms with Gasteiger partial charge in [0.1, 0.15) is 5.75 Å². The number of amides is 2. The molecule has 4 heteroatoms. The largest absolute Gasteiger partial charge is 0.493 e. The van der Waals surface area contributed by atoms with E-state index in [1.54, 1.807) is 0 Å². The van der Waals surface area contributed by atoms with Gasteiger partial charge in [-0.05, 0) is 37.0 Å². The third-order valence-electron chi connectivity index (χ3n) is 4.66. The molecule has 0 saturated carbocycles. The number of nitrogens with zero attached hydrogens (tertiary/aromatic N) is 1. The molecule has 1 unspecified atom stereocenters. The minimum absolute atomic E-state index is 0.0180. The Balaban J connectivity index is 1.47. The van der Waals surface area contributed by atoms with Crippen LogP contribution < -0.4 is 10.1 Å². The number of aryl methyl sites for hydroxylation is 1. The van der Waals surface area contributed by atoms with E-state index in [0.29, 0.717) is 19.1 Å². The molecule has 1 atom stereocenters. The van der Waals surface area contributed by atoms with Crippen molar-refractivity contribution in [2.45, 2.75) is 26.3 Å². The molecule has 2 aromatic rings. The van der Waals surface area contributed by atoms with E-state index in [9.17, 15) is 4.79 Å². The van der Waals surface area contributed by atoms with E-state index in [0.717, 1.165) is 42.8 Å². The molecule has 1 N–H and O–H groups in total. The Kier molecular flexibility index (Phi) is 5.94. The standard InChI is InChI=1S/C21H26N2O2/c1-17-8-5-6-12-20(17)25-16-19-11-7-13-23(15-19)21(24)22-14-18-9-3-2-4-10-18/h2-6,8-10,12,19H,7,11,13-16H2,1H3,(H,22,24). The second-order valence-electron chi connectivity index (χ2n) is 6.68. The van der Waals surface area contributed by atoms with Gasteiger partial charge in [0.15, 0.2) is 0 Å². The maximum atomic E-state index is 12.4. The highest BCUT2D eigenvalue weighted by atomic mass is 16.5. The van der Waals surface area contributed by atoms with E-state index in [1.165, 1.54) is 0 Å². The van der Waals surface area contributed by atoms with E-state index >= 15 is 0 Å². The smallest absolute Gasteiger partial charge is 0.317 e. The maximum Gasteiger partial charge on any atom is 0.317 e. The Morgan fingerprint density at radius 1 is 1.16 bits per heavy atom. The van der Waals surface area contributed by atoms with Crippen molar-refractivity contribution in [3.8, 4) is 5.75 Å². The van der Waals surface area contributed by atoms with Crippen LogP contribution in [0, 0.1) is 12.8 Å². The molecular weight excluding hydrogens is 312 g/mol. The Morgan fingerprint density at radius 3 is 2.72 bits per heavy atom. The number of carbonyl (C=O) groups excluding carboxylic acids is 1. The molecule has 0 bridgehead atoms. The van der Waals surface area contributed by atoms with Crippen molar-refractivity contribution < 1.29 is 9.53 Å². The third-order valence-corrected chi connectivity index (χ3v) is 4.66. The van der Waals surface area contributed by atoms with Crippen LogP contribution in [-0.2, 0) is 6.54 Å². The van der Waals surface area contributed by atoms with Crippen molar-refractivity contribution in [2.24, 2.45) is 5.92 Å². The number of carbonyl (C=O) groups is 1. The van der Waals surface area contributed by atoms with E-state index in [-0.39, 0.29) is 6.03 Å². The number of likely N-dealkylation sites (tertiary alicyclic amines) is 1. The molecule has 2 aromatic carbocycles. The highest BCUT2D eigenvalue weighted by Gasteiger charge is 2.24. The van der Waals surface area contributed by atoms with E-state index < -0.39 is 0 Å². The van der Waals surface area contributed by atoms with Crippen LogP contribution in [0.3, 0.4) is 0 Å². The first kappa shape index (κ1) is 17.3. The first-order chi connectivity index (χ1) is 12.2. The van der Waals surface area contributed by atoms with Crippen molar-refractivity contribution in [1.82, 2.24) is 10.2 Å². The first-order valence-electron chi connectivity index (χ1n) is 8.97. The molecule has 1 fully saturated rings. The summed E-state index contributed by atoms with van der Waals surface area (Å²) in [5.74, 6) is 1.32. The topological polar surface area (TPSA) is 41.6 Å². The molecule has 0 aromatic heterocycles. The average molecular weight is 338 g/mol. The molecule has 0 radical (unpaired) electrons.